The van der Waals surface area contributed by atoms with Gasteiger partial charge in [0.1, 0.15) is 11.6 Å². The van der Waals surface area contributed by atoms with E-state index in [1.807, 2.05) is 20.0 Å². The molecule has 0 spiro atoms. The first-order chi connectivity index (χ1) is 5.79. The summed E-state index contributed by atoms with van der Waals surface area (Å²) in [5, 5.41) is 3.04. The van der Waals surface area contributed by atoms with E-state index in [0.29, 0.717) is 5.92 Å². The fourth-order valence-electron chi connectivity index (χ4n) is 1.24. The van der Waals surface area contributed by atoms with Crippen LogP contribution in [0.1, 0.15) is 30.3 Å². The van der Waals surface area contributed by atoms with Gasteiger partial charge in [-0.15, -0.1) is 0 Å². The Hall–Kier alpha value is -1.12. The van der Waals surface area contributed by atoms with E-state index in [0.717, 1.165) is 17.3 Å². The van der Waals surface area contributed by atoms with Crippen LogP contribution >= 0.6 is 0 Å². The van der Waals surface area contributed by atoms with E-state index in [2.05, 4.69) is 15.3 Å². The summed E-state index contributed by atoms with van der Waals surface area (Å²) in [4.78, 5) is 8.78. The molecule has 12 heavy (non-hydrogen) atoms. The monoisotopic (exact) mass is 163 g/mol. The lowest BCUT2D eigenvalue weighted by molar-refractivity contribution is 0.908. The Kier molecular flexibility index (Phi) is 1.71. The van der Waals surface area contributed by atoms with E-state index < -0.39 is 0 Å². The van der Waals surface area contributed by atoms with Gasteiger partial charge in [-0.1, -0.05) is 0 Å². The Morgan fingerprint density at radius 2 is 2.17 bits per heavy atom. The molecule has 0 amide bonds. The van der Waals surface area contributed by atoms with Gasteiger partial charge in [0.25, 0.3) is 0 Å². The van der Waals surface area contributed by atoms with Crippen molar-refractivity contribution in [3.8, 4) is 0 Å². The minimum atomic E-state index is 0.636. The second-order valence-electron chi connectivity index (χ2n) is 3.28. The Bertz CT molecular complexity index is 292. The third kappa shape index (κ3) is 1.40. The van der Waals surface area contributed by atoms with Crippen molar-refractivity contribution < 1.29 is 0 Å². The van der Waals surface area contributed by atoms with Gasteiger partial charge in [-0.2, -0.15) is 0 Å². The predicted octanol–water partition coefficient (Wildman–Crippen LogP) is 1.70. The first-order valence-electron chi connectivity index (χ1n) is 4.33. The predicted molar refractivity (Wildman–Crippen MR) is 48.3 cm³/mol. The maximum Gasteiger partial charge on any atom is 0.134 e. The van der Waals surface area contributed by atoms with Crippen LogP contribution in [-0.2, 0) is 0 Å². The second kappa shape index (κ2) is 2.73. The van der Waals surface area contributed by atoms with Gasteiger partial charge in [-0.05, 0) is 19.8 Å². The summed E-state index contributed by atoms with van der Waals surface area (Å²) in [7, 11) is 1.89. The van der Waals surface area contributed by atoms with Crippen LogP contribution in [0.2, 0.25) is 0 Å². The number of rotatable bonds is 2. The second-order valence-corrected chi connectivity index (χ2v) is 3.28. The van der Waals surface area contributed by atoms with Crippen molar-refractivity contribution in [2.75, 3.05) is 12.4 Å². The molecule has 1 aliphatic rings. The third-order valence-electron chi connectivity index (χ3n) is 2.07. The fraction of sp³-hybridized carbons (Fsp3) is 0.556. The Morgan fingerprint density at radius 3 is 2.75 bits per heavy atom. The molecule has 1 heterocycles. The van der Waals surface area contributed by atoms with Crippen molar-refractivity contribution in [2.45, 2.75) is 25.7 Å². The average Bonchev–Trinajstić information content (AvgIpc) is 2.85. The van der Waals surface area contributed by atoms with Crippen LogP contribution in [0.15, 0.2) is 6.07 Å². The first-order valence-corrected chi connectivity index (χ1v) is 4.33. The van der Waals surface area contributed by atoms with Gasteiger partial charge in [-0.3, -0.25) is 0 Å². The molecule has 0 aliphatic heterocycles. The molecule has 1 aliphatic carbocycles. The molecule has 2 rings (SSSR count). The van der Waals surface area contributed by atoms with Crippen molar-refractivity contribution >= 4 is 5.82 Å². The molecule has 1 fully saturated rings. The van der Waals surface area contributed by atoms with Gasteiger partial charge < -0.3 is 5.32 Å². The molecule has 3 nitrogen and oxygen atoms in total. The van der Waals surface area contributed by atoms with Crippen LogP contribution in [0.25, 0.3) is 0 Å². The molecule has 1 aromatic heterocycles. The summed E-state index contributed by atoms with van der Waals surface area (Å²) in [5.74, 6) is 2.58. The Labute approximate surface area is 72.2 Å². The molecule has 0 saturated heterocycles. The van der Waals surface area contributed by atoms with Crippen molar-refractivity contribution in [1.29, 1.82) is 0 Å². The quantitative estimate of drug-likeness (QED) is 0.721. The zero-order valence-corrected chi connectivity index (χ0v) is 7.46. The van der Waals surface area contributed by atoms with Gasteiger partial charge in [-0.25, -0.2) is 9.97 Å². The lowest BCUT2D eigenvalue weighted by atomic mass is 10.3. The van der Waals surface area contributed by atoms with Crippen molar-refractivity contribution in [2.24, 2.45) is 0 Å². The molecule has 0 atom stereocenters. The molecular weight excluding hydrogens is 150 g/mol. The van der Waals surface area contributed by atoms with Gasteiger partial charge >= 0.3 is 0 Å². The van der Waals surface area contributed by atoms with Crippen LogP contribution in [0.4, 0.5) is 5.82 Å². The molecule has 0 unspecified atom stereocenters. The maximum absolute atomic E-state index is 4.39. The maximum atomic E-state index is 4.39. The summed E-state index contributed by atoms with van der Waals surface area (Å²) in [6, 6.07) is 1.96. The van der Waals surface area contributed by atoms with Crippen LogP contribution in [-0.4, -0.2) is 17.0 Å². The van der Waals surface area contributed by atoms with Crippen molar-refractivity contribution in [1.82, 2.24) is 9.97 Å². The number of anilines is 1. The summed E-state index contributed by atoms with van der Waals surface area (Å²) in [5.41, 5.74) is 1.05. The molecule has 3 heteroatoms. The van der Waals surface area contributed by atoms with E-state index in [1.165, 1.54) is 12.8 Å². The highest BCUT2D eigenvalue weighted by Gasteiger charge is 2.26. The van der Waals surface area contributed by atoms with Crippen LogP contribution in [0.5, 0.6) is 0 Å². The Morgan fingerprint density at radius 1 is 1.42 bits per heavy atom. The molecule has 1 aromatic rings. The fourth-order valence-corrected chi connectivity index (χ4v) is 1.24. The summed E-state index contributed by atoms with van der Waals surface area (Å²) >= 11 is 0. The molecule has 1 saturated carbocycles. The van der Waals surface area contributed by atoms with Crippen LogP contribution in [0, 0.1) is 6.92 Å². The number of aryl methyl sites for hydroxylation is 1. The molecule has 0 bridgehead atoms. The molecule has 0 aromatic carbocycles. The number of nitrogens with one attached hydrogen (secondary N) is 1. The minimum absolute atomic E-state index is 0.636. The highest BCUT2D eigenvalue weighted by molar-refractivity contribution is 5.35. The Balaban J connectivity index is 2.34. The van der Waals surface area contributed by atoms with E-state index in [-0.39, 0.29) is 0 Å². The normalized spacial score (nSPS) is 16.2. The van der Waals surface area contributed by atoms with E-state index in [1.54, 1.807) is 0 Å². The molecule has 64 valence electrons. The van der Waals surface area contributed by atoms with E-state index in [4.69, 9.17) is 0 Å². The van der Waals surface area contributed by atoms with Crippen LogP contribution in [0.3, 0.4) is 0 Å². The van der Waals surface area contributed by atoms with Crippen LogP contribution < -0.4 is 5.32 Å². The van der Waals surface area contributed by atoms with E-state index >= 15 is 0 Å². The summed E-state index contributed by atoms with van der Waals surface area (Å²) < 4.78 is 0. The average molecular weight is 163 g/mol. The van der Waals surface area contributed by atoms with Crippen molar-refractivity contribution in [3.05, 3.63) is 17.6 Å². The molecule has 1 N–H and O–H groups in total. The van der Waals surface area contributed by atoms with E-state index in [9.17, 15) is 0 Å². The van der Waals surface area contributed by atoms with Gasteiger partial charge in [0.2, 0.25) is 0 Å². The lowest BCUT2D eigenvalue weighted by Gasteiger charge is -2.03. The standard InChI is InChI=1S/C9H13N3/c1-6-5-8(10-2)12-9(11-6)7-3-4-7/h5,7H,3-4H2,1-2H3,(H,10,11,12). The minimum Gasteiger partial charge on any atom is -0.373 e. The zero-order valence-electron chi connectivity index (χ0n) is 7.46. The van der Waals surface area contributed by atoms with Gasteiger partial charge in [0.15, 0.2) is 0 Å². The molecular formula is C9H13N3. The zero-order chi connectivity index (χ0) is 8.55. The highest BCUT2D eigenvalue weighted by Crippen LogP contribution is 2.38. The lowest BCUT2D eigenvalue weighted by Crippen LogP contribution is -2.00. The number of hydrogen-bond acceptors (Lipinski definition) is 3. The number of aromatic nitrogens is 2. The number of hydrogen-bond donors (Lipinski definition) is 1. The molecule has 0 radical (unpaired) electrons. The summed E-state index contributed by atoms with van der Waals surface area (Å²) in [6.07, 6.45) is 2.51. The van der Waals surface area contributed by atoms with Crippen molar-refractivity contribution in [3.63, 3.8) is 0 Å². The number of nitrogens with zero attached hydrogens (tertiary/aromatic N) is 2. The summed E-state index contributed by atoms with van der Waals surface area (Å²) in [6.45, 7) is 2.01. The largest absolute Gasteiger partial charge is 0.373 e. The van der Waals surface area contributed by atoms with Gasteiger partial charge in [0, 0.05) is 24.7 Å². The first kappa shape index (κ1) is 7.53. The van der Waals surface area contributed by atoms with Gasteiger partial charge in [0.05, 0.1) is 0 Å². The smallest absolute Gasteiger partial charge is 0.134 e. The topological polar surface area (TPSA) is 37.8 Å². The SMILES string of the molecule is CNc1cc(C)nc(C2CC2)n1. The highest BCUT2D eigenvalue weighted by atomic mass is 15.0. The third-order valence-corrected chi connectivity index (χ3v) is 2.07.